The van der Waals surface area contributed by atoms with E-state index in [-0.39, 0.29) is 0 Å². The first-order valence-electron chi connectivity index (χ1n) is 10.8. The van der Waals surface area contributed by atoms with Gasteiger partial charge in [-0.3, -0.25) is 9.89 Å². The standard InChI is InChI=1S/C23H36N6/c1-21-8-7-9-22(20-21)29-18-16-28(17-19-29)12-4-3-10-25-23(24-2)26-11-15-27-13-5-6-14-27/h5-9,13-14,20H,3-4,10-12,15-19H2,1-2H3,(H2,24,25,26). The minimum absolute atomic E-state index is 0.875. The van der Waals surface area contributed by atoms with Crippen LogP contribution in [0.4, 0.5) is 5.69 Å². The summed E-state index contributed by atoms with van der Waals surface area (Å²) in [6.45, 7) is 10.7. The lowest BCUT2D eigenvalue weighted by Crippen LogP contribution is -2.46. The summed E-state index contributed by atoms with van der Waals surface area (Å²) in [5.41, 5.74) is 2.70. The van der Waals surface area contributed by atoms with Gasteiger partial charge in [-0.2, -0.15) is 0 Å². The second kappa shape index (κ2) is 11.5. The van der Waals surface area contributed by atoms with Gasteiger partial charge in [-0.15, -0.1) is 0 Å². The maximum absolute atomic E-state index is 4.31. The van der Waals surface area contributed by atoms with E-state index in [0.717, 1.165) is 58.2 Å². The third kappa shape index (κ3) is 7.13. The van der Waals surface area contributed by atoms with E-state index in [9.17, 15) is 0 Å². The number of aromatic nitrogens is 1. The monoisotopic (exact) mass is 396 g/mol. The minimum atomic E-state index is 0.875. The van der Waals surface area contributed by atoms with Crippen molar-refractivity contribution in [2.75, 3.05) is 57.8 Å². The van der Waals surface area contributed by atoms with Crippen LogP contribution < -0.4 is 15.5 Å². The van der Waals surface area contributed by atoms with Gasteiger partial charge in [0.1, 0.15) is 0 Å². The van der Waals surface area contributed by atoms with Crippen molar-refractivity contribution in [3.8, 4) is 0 Å². The van der Waals surface area contributed by atoms with Crippen molar-refractivity contribution in [1.82, 2.24) is 20.1 Å². The van der Waals surface area contributed by atoms with E-state index in [4.69, 9.17) is 0 Å². The molecular formula is C23H36N6. The van der Waals surface area contributed by atoms with Crippen molar-refractivity contribution in [3.63, 3.8) is 0 Å². The van der Waals surface area contributed by atoms with Crippen LogP contribution >= 0.6 is 0 Å². The van der Waals surface area contributed by atoms with E-state index in [1.807, 2.05) is 7.05 Å². The molecule has 2 aromatic rings. The van der Waals surface area contributed by atoms with Gasteiger partial charge < -0.3 is 20.1 Å². The topological polar surface area (TPSA) is 47.8 Å². The molecule has 3 rings (SSSR count). The van der Waals surface area contributed by atoms with Crippen LogP contribution in [0.15, 0.2) is 53.8 Å². The Hall–Kier alpha value is -2.47. The van der Waals surface area contributed by atoms with Gasteiger partial charge in [0.05, 0.1) is 0 Å². The largest absolute Gasteiger partial charge is 0.369 e. The molecule has 0 spiro atoms. The molecule has 1 aliphatic heterocycles. The highest BCUT2D eigenvalue weighted by Crippen LogP contribution is 2.17. The smallest absolute Gasteiger partial charge is 0.191 e. The van der Waals surface area contributed by atoms with Gasteiger partial charge in [0.25, 0.3) is 0 Å². The molecule has 0 bridgehead atoms. The summed E-state index contributed by atoms with van der Waals surface area (Å²) in [6, 6.07) is 13.0. The maximum atomic E-state index is 4.31. The van der Waals surface area contributed by atoms with Crippen molar-refractivity contribution in [2.24, 2.45) is 4.99 Å². The number of aryl methyl sites for hydroxylation is 1. The average molecular weight is 397 g/mol. The van der Waals surface area contributed by atoms with Crippen LogP contribution in [-0.2, 0) is 6.54 Å². The van der Waals surface area contributed by atoms with Gasteiger partial charge in [0.15, 0.2) is 5.96 Å². The number of anilines is 1. The molecule has 29 heavy (non-hydrogen) atoms. The number of aliphatic imine (C=N–C) groups is 1. The predicted octanol–water partition coefficient (Wildman–Crippen LogP) is 2.56. The van der Waals surface area contributed by atoms with Crippen LogP contribution in [0, 0.1) is 6.92 Å². The SMILES string of the molecule is CN=C(NCCCCN1CCN(c2cccc(C)c2)CC1)NCCn1cccc1. The van der Waals surface area contributed by atoms with Crippen molar-refractivity contribution in [3.05, 3.63) is 54.4 Å². The number of nitrogens with zero attached hydrogens (tertiary/aromatic N) is 4. The molecule has 6 heteroatoms. The third-order valence-electron chi connectivity index (χ3n) is 5.48. The highest BCUT2D eigenvalue weighted by molar-refractivity contribution is 5.79. The lowest BCUT2D eigenvalue weighted by molar-refractivity contribution is 0.253. The number of rotatable bonds is 9. The van der Waals surface area contributed by atoms with E-state index in [1.165, 1.54) is 24.2 Å². The van der Waals surface area contributed by atoms with Gasteiger partial charge in [-0.25, -0.2) is 0 Å². The van der Waals surface area contributed by atoms with Crippen molar-refractivity contribution in [1.29, 1.82) is 0 Å². The highest BCUT2D eigenvalue weighted by atomic mass is 15.3. The third-order valence-corrected chi connectivity index (χ3v) is 5.48. The fourth-order valence-electron chi connectivity index (χ4n) is 3.76. The summed E-state index contributed by atoms with van der Waals surface area (Å²) < 4.78 is 2.17. The molecule has 0 saturated carbocycles. The predicted molar refractivity (Wildman–Crippen MR) is 123 cm³/mol. The Bertz CT molecular complexity index is 732. The fraction of sp³-hybridized carbons (Fsp3) is 0.522. The Labute approximate surface area is 175 Å². The summed E-state index contributed by atoms with van der Waals surface area (Å²) in [5.74, 6) is 0.893. The number of piperazine rings is 1. The minimum Gasteiger partial charge on any atom is -0.369 e. The van der Waals surface area contributed by atoms with Crippen LogP contribution in [0.5, 0.6) is 0 Å². The molecule has 0 aliphatic carbocycles. The number of guanidine groups is 1. The van der Waals surface area contributed by atoms with Gasteiger partial charge in [-0.1, -0.05) is 12.1 Å². The Kier molecular flexibility index (Phi) is 8.43. The van der Waals surface area contributed by atoms with Crippen LogP contribution in [0.1, 0.15) is 18.4 Å². The van der Waals surface area contributed by atoms with E-state index in [0.29, 0.717) is 0 Å². The van der Waals surface area contributed by atoms with E-state index in [2.05, 4.69) is 85.7 Å². The molecule has 2 heterocycles. The molecule has 158 valence electrons. The van der Waals surface area contributed by atoms with Crippen LogP contribution in [0.2, 0.25) is 0 Å². The van der Waals surface area contributed by atoms with Crippen LogP contribution in [0.25, 0.3) is 0 Å². The van der Waals surface area contributed by atoms with Gasteiger partial charge >= 0.3 is 0 Å². The van der Waals surface area contributed by atoms with Crippen molar-refractivity contribution < 1.29 is 0 Å². The molecular weight excluding hydrogens is 360 g/mol. The van der Waals surface area contributed by atoms with Crippen LogP contribution in [0.3, 0.4) is 0 Å². The van der Waals surface area contributed by atoms with E-state index in [1.54, 1.807) is 0 Å². The normalized spacial score (nSPS) is 15.5. The number of hydrogen-bond acceptors (Lipinski definition) is 3. The zero-order valence-electron chi connectivity index (χ0n) is 18.0. The molecule has 1 saturated heterocycles. The lowest BCUT2D eigenvalue weighted by atomic mass is 10.2. The highest BCUT2D eigenvalue weighted by Gasteiger charge is 2.16. The molecule has 1 aliphatic rings. The number of benzene rings is 1. The molecule has 1 aromatic heterocycles. The molecule has 0 atom stereocenters. The summed E-state index contributed by atoms with van der Waals surface area (Å²) >= 11 is 0. The van der Waals surface area contributed by atoms with E-state index >= 15 is 0 Å². The average Bonchev–Trinajstić information content (AvgIpc) is 3.26. The van der Waals surface area contributed by atoms with Crippen molar-refractivity contribution in [2.45, 2.75) is 26.3 Å². The van der Waals surface area contributed by atoms with Gasteiger partial charge in [-0.05, 0) is 56.1 Å². The Morgan fingerprint density at radius 2 is 1.69 bits per heavy atom. The van der Waals surface area contributed by atoms with Gasteiger partial charge in [0, 0.05) is 70.9 Å². The Balaban J connectivity index is 1.24. The van der Waals surface area contributed by atoms with Gasteiger partial charge in [0.2, 0.25) is 0 Å². The molecule has 1 aromatic carbocycles. The quantitative estimate of drug-likeness (QED) is 0.389. The summed E-state index contributed by atoms with van der Waals surface area (Å²) in [7, 11) is 1.83. The maximum Gasteiger partial charge on any atom is 0.191 e. The fourth-order valence-corrected chi connectivity index (χ4v) is 3.76. The first kappa shape index (κ1) is 21.2. The zero-order valence-corrected chi connectivity index (χ0v) is 18.0. The summed E-state index contributed by atoms with van der Waals surface area (Å²) in [6.07, 6.45) is 6.55. The first-order chi connectivity index (χ1) is 14.2. The second-order valence-electron chi connectivity index (χ2n) is 7.72. The molecule has 0 amide bonds. The Morgan fingerprint density at radius 3 is 2.41 bits per heavy atom. The lowest BCUT2D eigenvalue weighted by Gasteiger charge is -2.36. The van der Waals surface area contributed by atoms with Crippen LogP contribution in [-0.4, -0.2) is 68.3 Å². The van der Waals surface area contributed by atoms with Crippen molar-refractivity contribution >= 4 is 11.6 Å². The first-order valence-corrected chi connectivity index (χ1v) is 10.8. The zero-order chi connectivity index (χ0) is 20.3. The number of unbranched alkanes of at least 4 members (excludes halogenated alkanes) is 1. The molecule has 0 radical (unpaired) electrons. The second-order valence-corrected chi connectivity index (χ2v) is 7.72. The Morgan fingerprint density at radius 1 is 0.931 bits per heavy atom. The molecule has 6 nitrogen and oxygen atoms in total. The summed E-state index contributed by atoms with van der Waals surface area (Å²) in [5, 5.41) is 6.80. The van der Waals surface area contributed by atoms with E-state index < -0.39 is 0 Å². The molecule has 1 fully saturated rings. The number of hydrogen-bond donors (Lipinski definition) is 2. The molecule has 0 unspecified atom stereocenters. The summed E-state index contributed by atoms with van der Waals surface area (Å²) in [4.78, 5) is 9.41. The number of nitrogens with one attached hydrogen (secondary N) is 2. The molecule has 2 N–H and O–H groups in total.